The van der Waals surface area contributed by atoms with Gasteiger partial charge < -0.3 is 14.8 Å². The molecule has 0 spiro atoms. The molecule has 0 fully saturated rings. The standard InChI is InChI=1S/C17H15N3O6S/c21-16-8-10-7-11(5-6-12(10)18-16)27(23,24)20-19-17(22)15-9-25-13-3-1-2-4-14(13)26-15/h1-7,15,20H,8-9H2,(H,18,21)(H,19,22)/t15-/m0/s1. The molecule has 3 N–H and O–H groups in total. The monoisotopic (exact) mass is 389 g/mol. The number of carbonyl (C=O) groups is 2. The van der Waals surface area contributed by atoms with Crippen molar-refractivity contribution in [2.45, 2.75) is 17.4 Å². The average Bonchev–Trinajstić information content (AvgIpc) is 3.05. The van der Waals surface area contributed by atoms with Crippen molar-refractivity contribution in [1.29, 1.82) is 0 Å². The molecule has 4 rings (SSSR count). The van der Waals surface area contributed by atoms with E-state index < -0.39 is 22.0 Å². The van der Waals surface area contributed by atoms with Gasteiger partial charge in [0, 0.05) is 5.69 Å². The summed E-state index contributed by atoms with van der Waals surface area (Å²) in [6, 6.07) is 11.1. The molecule has 2 aromatic rings. The van der Waals surface area contributed by atoms with Crippen LogP contribution in [0.4, 0.5) is 5.69 Å². The van der Waals surface area contributed by atoms with Crippen molar-refractivity contribution in [3.8, 4) is 11.5 Å². The SMILES string of the molecule is O=C1Cc2cc(S(=O)(=O)NNC(=O)[C@@H]3COc4ccccc4O3)ccc2N1. The molecule has 0 saturated heterocycles. The lowest BCUT2D eigenvalue weighted by atomic mass is 10.2. The van der Waals surface area contributed by atoms with E-state index in [0.717, 1.165) is 0 Å². The molecular weight excluding hydrogens is 374 g/mol. The molecule has 1 atom stereocenters. The minimum atomic E-state index is -4.01. The summed E-state index contributed by atoms with van der Waals surface area (Å²) in [6.45, 7) is -0.0444. The van der Waals surface area contributed by atoms with E-state index in [1.54, 1.807) is 24.3 Å². The number of hydrogen-bond acceptors (Lipinski definition) is 6. The van der Waals surface area contributed by atoms with Crippen LogP contribution in [0, 0.1) is 0 Å². The van der Waals surface area contributed by atoms with Crippen LogP contribution in [0.1, 0.15) is 5.56 Å². The second-order valence-corrected chi connectivity index (χ2v) is 7.69. The Morgan fingerprint density at radius 2 is 1.93 bits per heavy atom. The molecule has 10 heteroatoms. The van der Waals surface area contributed by atoms with Gasteiger partial charge in [-0.25, -0.2) is 8.42 Å². The maximum atomic E-state index is 12.4. The van der Waals surface area contributed by atoms with Crippen molar-refractivity contribution in [2.75, 3.05) is 11.9 Å². The minimum absolute atomic E-state index is 0.0444. The third-order valence-electron chi connectivity index (χ3n) is 4.12. The Bertz CT molecular complexity index is 1040. The van der Waals surface area contributed by atoms with Crippen molar-refractivity contribution < 1.29 is 27.5 Å². The topological polar surface area (TPSA) is 123 Å². The molecule has 2 heterocycles. The van der Waals surface area contributed by atoms with Gasteiger partial charge in [0.05, 0.1) is 11.3 Å². The quantitative estimate of drug-likeness (QED) is 0.648. The fourth-order valence-electron chi connectivity index (χ4n) is 2.78. The number of nitrogens with one attached hydrogen (secondary N) is 3. The van der Waals surface area contributed by atoms with E-state index in [-0.39, 0.29) is 23.8 Å². The van der Waals surface area contributed by atoms with Gasteiger partial charge in [0.15, 0.2) is 11.5 Å². The minimum Gasteiger partial charge on any atom is -0.485 e. The molecule has 2 aliphatic heterocycles. The zero-order valence-electron chi connectivity index (χ0n) is 13.9. The number of hydrogen-bond donors (Lipinski definition) is 3. The average molecular weight is 389 g/mol. The molecule has 0 unspecified atom stereocenters. The Balaban J connectivity index is 1.42. The number of amides is 2. The van der Waals surface area contributed by atoms with Crippen LogP contribution >= 0.6 is 0 Å². The molecule has 0 radical (unpaired) electrons. The summed E-state index contributed by atoms with van der Waals surface area (Å²) in [5.74, 6) is 0.0348. The fraction of sp³-hybridized carbons (Fsp3) is 0.176. The van der Waals surface area contributed by atoms with Crippen molar-refractivity contribution >= 4 is 27.5 Å². The van der Waals surface area contributed by atoms with Crippen LogP contribution in [0.15, 0.2) is 47.4 Å². The molecule has 140 valence electrons. The van der Waals surface area contributed by atoms with Crippen molar-refractivity contribution in [2.24, 2.45) is 0 Å². The molecule has 0 aliphatic carbocycles. The maximum Gasteiger partial charge on any atom is 0.279 e. The van der Waals surface area contributed by atoms with Crippen LogP contribution in [0.3, 0.4) is 0 Å². The number of carbonyl (C=O) groups excluding carboxylic acids is 2. The molecule has 2 aromatic carbocycles. The Hall–Kier alpha value is -3.11. The lowest BCUT2D eigenvalue weighted by Crippen LogP contribution is -2.50. The third-order valence-corrected chi connectivity index (χ3v) is 5.37. The van der Waals surface area contributed by atoms with Gasteiger partial charge in [-0.2, -0.15) is 0 Å². The highest BCUT2D eigenvalue weighted by atomic mass is 32.2. The molecule has 2 aliphatic rings. The first-order chi connectivity index (χ1) is 12.9. The molecule has 2 amide bonds. The summed E-state index contributed by atoms with van der Waals surface area (Å²) in [4.78, 5) is 25.6. The predicted molar refractivity (Wildman–Crippen MR) is 93.6 cm³/mol. The van der Waals surface area contributed by atoms with Gasteiger partial charge in [-0.15, -0.1) is 4.83 Å². The highest BCUT2D eigenvalue weighted by molar-refractivity contribution is 7.89. The van der Waals surface area contributed by atoms with E-state index in [9.17, 15) is 18.0 Å². The van der Waals surface area contributed by atoms with E-state index in [2.05, 4.69) is 10.7 Å². The van der Waals surface area contributed by atoms with Gasteiger partial charge in [-0.1, -0.05) is 12.1 Å². The van der Waals surface area contributed by atoms with E-state index in [4.69, 9.17) is 9.47 Å². The van der Waals surface area contributed by atoms with Crippen molar-refractivity contribution in [1.82, 2.24) is 10.3 Å². The highest BCUT2D eigenvalue weighted by Gasteiger charge is 2.29. The molecule has 0 bridgehead atoms. The summed E-state index contributed by atoms with van der Waals surface area (Å²) < 4.78 is 35.7. The van der Waals surface area contributed by atoms with Crippen LogP contribution in [-0.2, 0) is 26.0 Å². The Kier molecular flexibility index (Phi) is 4.21. The Morgan fingerprint density at radius 1 is 1.15 bits per heavy atom. The van der Waals surface area contributed by atoms with Gasteiger partial charge in [-0.3, -0.25) is 15.0 Å². The number of ether oxygens (including phenoxy) is 2. The molecule has 0 saturated carbocycles. The summed E-state index contributed by atoms with van der Waals surface area (Å²) in [6.07, 6.45) is -0.887. The van der Waals surface area contributed by atoms with E-state index in [1.165, 1.54) is 18.2 Å². The number of anilines is 1. The summed E-state index contributed by atoms with van der Waals surface area (Å²) in [7, 11) is -4.01. The van der Waals surface area contributed by atoms with Crippen molar-refractivity contribution in [3.63, 3.8) is 0 Å². The lowest BCUT2D eigenvalue weighted by molar-refractivity contribution is -0.130. The largest absolute Gasteiger partial charge is 0.485 e. The van der Waals surface area contributed by atoms with Crippen molar-refractivity contribution in [3.05, 3.63) is 48.0 Å². The first-order valence-electron chi connectivity index (χ1n) is 8.05. The lowest BCUT2D eigenvalue weighted by Gasteiger charge is -2.25. The first kappa shape index (κ1) is 17.3. The molecular formula is C17H15N3O6S. The molecule has 0 aromatic heterocycles. The van der Waals surface area contributed by atoms with Crippen LogP contribution in [-0.4, -0.2) is 32.9 Å². The van der Waals surface area contributed by atoms with Crippen LogP contribution in [0.25, 0.3) is 0 Å². The number of sulfonamides is 1. The zero-order chi connectivity index (χ0) is 19.0. The summed E-state index contributed by atoms with van der Waals surface area (Å²) >= 11 is 0. The second-order valence-electron chi connectivity index (χ2n) is 6.00. The predicted octanol–water partition coefficient (Wildman–Crippen LogP) is 0.331. The number of para-hydroxylation sites is 2. The number of benzene rings is 2. The zero-order valence-corrected chi connectivity index (χ0v) is 14.7. The summed E-state index contributed by atoms with van der Waals surface area (Å²) in [5.41, 5.74) is 3.29. The van der Waals surface area contributed by atoms with Gasteiger partial charge >= 0.3 is 0 Å². The first-order valence-corrected chi connectivity index (χ1v) is 9.54. The normalized spacial score (nSPS) is 17.8. The van der Waals surface area contributed by atoms with Gasteiger partial charge in [0.1, 0.15) is 6.61 Å². The Morgan fingerprint density at radius 3 is 2.74 bits per heavy atom. The maximum absolute atomic E-state index is 12.4. The number of fused-ring (bicyclic) bond motifs is 2. The van der Waals surface area contributed by atoms with E-state index >= 15 is 0 Å². The molecule has 9 nitrogen and oxygen atoms in total. The third kappa shape index (κ3) is 3.44. The van der Waals surface area contributed by atoms with Gasteiger partial charge in [0.25, 0.3) is 15.9 Å². The Labute approximate surface area is 154 Å². The smallest absolute Gasteiger partial charge is 0.279 e. The fourth-order valence-corrected chi connectivity index (χ4v) is 3.68. The number of hydrazine groups is 1. The second kappa shape index (κ2) is 6.56. The van der Waals surface area contributed by atoms with E-state index in [0.29, 0.717) is 22.7 Å². The molecule has 27 heavy (non-hydrogen) atoms. The number of rotatable bonds is 4. The summed E-state index contributed by atoms with van der Waals surface area (Å²) in [5, 5.41) is 2.62. The van der Waals surface area contributed by atoms with E-state index in [1.807, 2.05) is 4.83 Å². The van der Waals surface area contributed by atoms with Crippen LogP contribution in [0.5, 0.6) is 11.5 Å². The highest BCUT2D eigenvalue weighted by Crippen LogP contribution is 2.31. The van der Waals surface area contributed by atoms with Crippen LogP contribution < -0.4 is 25.0 Å². The van der Waals surface area contributed by atoms with Gasteiger partial charge in [-0.05, 0) is 35.9 Å². The van der Waals surface area contributed by atoms with Crippen LogP contribution in [0.2, 0.25) is 0 Å². The van der Waals surface area contributed by atoms with Gasteiger partial charge in [0.2, 0.25) is 12.0 Å².